The number of carbonyl (C=O) groups excluding carboxylic acids is 2. The highest BCUT2D eigenvalue weighted by Gasteiger charge is 2.48. The van der Waals surface area contributed by atoms with Gasteiger partial charge in [-0.1, -0.05) is 18.2 Å². The standard InChI is InChI=1S/C24H29NO6S/c1-23(2,3)31-25-22(27)17-24(15-13-18(26)14-16-24)32(28,29)21-11-9-20(10-12-21)30-19-7-5-4-6-8-19/h4-12H,13-17H2,1-3H3,(H,25,27). The number of amides is 1. The molecule has 172 valence electrons. The molecule has 0 unspecified atom stereocenters. The molecule has 0 aliphatic heterocycles. The maximum absolute atomic E-state index is 13.6. The molecule has 2 aromatic rings. The summed E-state index contributed by atoms with van der Waals surface area (Å²) < 4.78 is 31.7. The van der Waals surface area contributed by atoms with E-state index in [-0.39, 0.29) is 42.8 Å². The first-order chi connectivity index (χ1) is 15.0. The molecule has 1 N–H and O–H groups in total. The number of ketones is 1. The molecule has 0 spiro atoms. The van der Waals surface area contributed by atoms with Gasteiger partial charge < -0.3 is 4.74 Å². The van der Waals surface area contributed by atoms with E-state index in [2.05, 4.69) is 5.48 Å². The van der Waals surface area contributed by atoms with E-state index >= 15 is 0 Å². The summed E-state index contributed by atoms with van der Waals surface area (Å²) in [7, 11) is -3.91. The zero-order valence-electron chi connectivity index (χ0n) is 18.6. The van der Waals surface area contributed by atoms with Crippen LogP contribution >= 0.6 is 0 Å². The predicted molar refractivity (Wildman–Crippen MR) is 120 cm³/mol. The number of benzene rings is 2. The van der Waals surface area contributed by atoms with Gasteiger partial charge in [0.2, 0.25) is 5.91 Å². The van der Waals surface area contributed by atoms with Crippen molar-refractivity contribution in [3.05, 3.63) is 54.6 Å². The van der Waals surface area contributed by atoms with E-state index in [9.17, 15) is 18.0 Å². The second-order valence-corrected chi connectivity index (χ2v) is 11.4. The van der Waals surface area contributed by atoms with Crippen molar-refractivity contribution in [2.24, 2.45) is 0 Å². The van der Waals surface area contributed by atoms with Crippen LogP contribution in [0.5, 0.6) is 11.5 Å². The maximum atomic E-state index is 13.6. The highest BCUT2D eigenvalue weighted by molar-refractivity contribution is 7.92. The third kappa shape index (κ3) is 5.75. The Morgan fingerprint density at radius 2 is 1.53 bits per heavy atom. The average Bonchev–Trinajstić information content (AvgIpc) is 2.75. The lowest BCUT2D eigenvalue weighted by Crippen LogP contribution is -2.47. The first-order valence-corrected chi connectivity index (χ1v) is 12.1. The van der Waals surface area contributed by atoms with Gasteiger partial charge in [-0.15, -0.1) is 0 Å². The first-order valence-electron chi connectivity index (χ1n) is 10.6. The van der Waals surface area contributed by atoms with Crippen LogP contribution in [0.15, 0.2) is 59.5 Å². The van der Waals surface area contributed by atoms with Crippen molar-refractivity contribution in [3.63, 3.8) is 0 Å². The summed E-state index contributed by atoms with van der Waals surface area (Å²) in [5.74, 6) is 0.621. The number of nitrogens with one attached hydrogen (secondary N) is 1. The molecule has 0 aromatic heterocycles. The summed E-state index contributed by atoms with van der Waals surface area (Å²) in [5, 5.41) is 0. The zero-order chi connectivity index (χ0) is 23.4. The lowest BCUT2D eigenvalue weighted by atomic mass is 9.85. The Morgan fingerprint density at radius 3 is 2.09 bits per heavy atom. The molecule has 1 aliphatic rings. The maximum Gasteiger partial charge on any atom is 0.245 e. The minimum Gasteiger partial charge on any atom is -0.457 e. The largest absolute Gasteiger partial charge is 0.457 e. The Kier molecular flexibility index (Phi) is 7.05. The van der Waals surface area contributed by atoms with Gasteiger partial charge in [-0.25, -0.2) is 13.9 Å². The molecule has 3 rings (SSSR count). The third-order valence-corrected chi connectivity index (χ3v) is 7.94. The summed E-state index contributed by atoms with van der Waals surface area (Å²) in [6.07, 6.45) is 0.170. The van der Waals surface area contributed by atoms with Crippen LogP contribution in [0.3, 0.4) is 0 Å². The molecule has 1 saturated carbocycles. The number of Topliss-reactive ketones (excluding diaryl/α,β-unsaturated/α-hetero) is 1. The molecule has 7 nitrogen and oxygen atoms in total. The summed E-state index contributed by atoms with van der Waals surface area (Å²) in [6, 6.07) is 15.3. The van der Waals surface area contributed by atoms with Crippen molar-refractivity contribution in [2.75, 3.05) is 0 Å². The molecule has 0 radical (unpaired) electrons. The Hall–Kier alpha value is -2.71. The van der Waals surface area contributed by atoms with Gasteiger partial charge in [-0.3, -0.25) is 14.4 Å². The molecule has 1 aliphatic carbocycles. The van der Waals surface area contributed by atoms with Crippen LogP contribution in [-0.4, -0.2) is 30.5 Å². The number of rotatable bonds is 7. The minimum atomic E-state index is -3.91. The monoisotopic (exact) mass is 459 g/mol. The van der Waals surface area contributed by atoms with Gasteiger partial charge in [0, 0.05) is 19.3 Å². The van der Waals surface area contributed by atoms with Crippen molar-refractivity contribution < 1.29 is 27.6 Å². The lowest BCUT2D eigenvalue weighted by molar-refractivity contribution is -0.146. The summed E-state index contributed by atoms with van der Waals surface area (Å²) in [4.78, 5) is 29.8. The predicted octanol–water partition coefficient (Wildman–Crippen LogP) is 4.37. The van der Waals surface area contributed by atoms with E-state index in [1.54, 1.807) is 45.0 Å². The molecule has 1 fully saturated rings. The average molecular weight is 460 g/mol. The van der Waals surface area contributed by atoms with Gasteiger partial charge in [-0.05, 0) is 70.0 Å². The fraction of sp³-hybridized carbons (Fsp3) is 0.417. The summed E-state index contributed by atoms with van der Waals surface area (Å²) in [6.45, 7) is 5.33. The number of ether oxygens (including phenoxy) is 1. The van der Waals surface area contributed by atoms with Crippen LogP contribution < -0.4 is 10.2 Å². The van der Waals surface area contributed by atoms with Gasteiger partial charge >= 0.3 is 0 Å². The van der Waals surface area contributed by atoms with E-state index < -0.39 is 26.1 Å². The second kappa shape index (κ2) is 9.42. The van der Waals surface area contributed by atoms with E-state index in [0.717, 1.165) is 0 Å². The second-order valence-electron chi connectivity index (χ2n) is 9.03. The minimum absolute atomic E-state index is 0.00813. The molecular formula is C24H29NO6S. The molecule has 2 aromatic carbocycles. The number of sulfone groups is 1. The van der Waals surface area contributed by atoms with Crippen molar-refractivity contribution in [3.8, 4) is 11.5 Å². The van der Waals surface area contributed by atoms with Crippen LogP contribution in [0, 0.1) is 0 Å². The number of hydroxylamine groups is 1. The van der Waals surface area contributed by atoms with Crippen molar-refractivity contribution in [1.82, 2.24) is 5.48 Å². The third-order valence-electron chi connectivity index (χ3n) is 5.36. The van der Waals surface area contributed by atoms with E-state index in [0.29, 0.717) is 11.5 Å². The molecule has 32 heavy (non-hydrogen) atoms. The molecule has 1 amide bonds. The fourth-order valence-electron chi connectivity index (χ4n) is 3.63. The highest BCUT2D eigenvalue weighted by Crippen LogP contribution is 2.41. The van der Waals surface area contributed by atoms with Gasteiger partial charge in [0.1, 0.15) is 17.3 Å². The van der Waals surface area contributed by atoms with Gasteiger partial charge in [0.25, 0.3) is 0 Å². The van der Waals surface area contributed by atoms with Crippen LogP contribution in [-0.2, 0) is 24.3 Å². The highest BCUT2D eigenvalue weighted by atomic mass is 32.2. The molecule has 0 atom stereocenters. The van der Waals surface area contributed by atoms with Crippen molar-refractivity contribution in [1.29, 1.82) is 0 Å². The normalized spacial score (nSPS) is 16.4. The van der Waals surface area contributed by atoms with Gasteiger partial charge in [0.15, 0.2) is 9.84 Å². The van der Waals surface area contributed by atoms with Crippen LogP contribution in [0.25, 0.3) is 0 Å². The van der Waals surface area contributed by atoms with Gasteiger partial charge in [0.05, 0.1) is 15.2 Å². The smallest absolute Gasteiger partial charge is 0.245 e. The lowest BCUT2D eigenvalue weighted by Gasteiger charge is -2.36. The van der Waals surface area contributed by atoms with Gasteiger partial charge in [-0.2, -0.15) is 0 Å². The molecule has 0 saturated heterocycles. The zero-order valence-corrected chi connectivity index (χ0v) is 19.4. The summed E-state index contributed by atoms with van der Waals surface area (Å²) in [5.41, 5.74) is 1.75. The summed E-state index contributed by atoms with van der Waals surface area (Å²) >= 11 is 0. The molecule has 8 heteroatoms. The van der Waals surface area contributed by atoms with Crippen LogP contribution in [0.2, 0.25) is 0 Å². The first kappa shape index (κ1) is 23.9. The Labute approximate surface area is 189 Å². The Morgan fingerprint density at radius 1 is 0.969 bits per heavy atom. The Bertz CT molecular complexity index is 1050. The van der Waals surface area contributed by atoms with E-state index in [1.807, 2.05) is 18.2 Å². The van der Waals surface area contributed by atoms with E-state index in [1.165, 1.54) is 12.1 Å². The number of para-hydroxylation sites is 1. The van der Waals surface area contributed by atoms with Crippen molar-refractivity contribution >= 4 is 21.5 Å². The SMILES string of the molecule is CC(C)(C)ONC(=O)CC1(S(=O)(=O)c2ccc(Oc3ccccc3)cc2)CCC(=O)CC1. The fourth-order valence-corrected chi connectivity index (χ4v) is 5.68. The topological polar surface area (TPSA) is 98.8 Å². The van der Waals surface area contributed by atoms with Crippen molar-refractivity contribution in [2.45, 2.75) is 68.1 Å². The molecule has 0 bridgehead atoms. The quantitative estimate of drug-likeness (QED) is 0.617. The van der Waals surface area contributed by atoms with Crippen LogP contribution in [0.4, 0.5) is 0 Å². The number of hydrogen-bond donors (Lipinski definition) is 1. The Balaban J connectivity index is 1.83. The molecule has 0 heterocycles. The number of carbonyl (C=O) groups is 2. The number of hydrogen-bond acceptors (Lipinski definition) is 6. The molecular weight excluding hydrogens is 430 g/mol. The van der Waals surface area contributed by atoms with E-state index in [4.69, 9.17) is 9.57 Å². The van der Waals surface area contributed by atoms with Crippen LogP contribution in [0.1, 0.15) is 52.9 Å².